The van der Waals surface area contributed by atoms with Gasteiger partial charge in [-0.25, -0.2) is 0 Å². The highest BCUT2D eigenvalue weighted by Gasteiger charge is 2.57. The number of amides is 2. The number of aryl methyl sites for hydroxylation is 1. The highest BCUT2D eigenvalue weighted by atomic mass is 16.2. The van der Waals surface area contributed by atoms with Crippen LogP contribution in [0.1, 0.15) is 31.2 Å². The third-order valence-corrected chi connectivity index (χ3v) is 5.93. The number of hydrogen-bond acceptors (Lipinski definition) is 3. The van der Waals surface area contributed by atoms with Gasteiger partial charge in [-0.3, -0.25) is 9.59 Å². The standard InChI is InChI=1S/C19H25N3O2/c23-17(22-11-3-5-14-4-1-2-6-16(14)22)13-21-18(24)15-12-19(15)7-9-20-10-8-19/h1-2,4,6,15,20H,3,5,7-13H2,(H,21,24). The van der Waals surface area contributed by atoms with Crippen LogP contribution >= 0.6 is 0 Å². The van der Waals surface area contributed by atoms with Crippen LogP contribution in [-0.2, 0) is 16.0 Å². The van der Waals surface area contributed by atoms with E-state index >= 15 is 0 Å². The van der Waals surface area contributed by atoms with Crippen molar-refractivity contribution in [1.29, 1.82) is 0 Å². The molecule has 0 radical (unpaired) electrons. The number of nitrogens with zero attached hydrogens (tertiary/aromatic N) is 1. The van der Waals surface area contributed by atoms with Gasteiger partial charge in [0.05, 0.1) is 6.54 Å². The average molecular weight is 327 g/mol. The number of rotatable bonds is 3. The van der Waals surface area contributed by atoms with Gasteiger partial charge in [0.25, 0.3) is 0 Å². The lowest BCUT2D eigenvalue weighted by Crippen LogP contribution is -2.43. The third-order valence-electron chi connectivity index (χ3n) is 5.93. The molecule has 2 aliphatic heterocycles. The SMILES string of the molecule is O=C(NCC(=O)N1CCCc2ccccc21)C1CC12CCNCC2. The molecule has 1 unspecified atom stereocenters. The van der Waals surface area contributed by atoms with Gasteiger partial charge in [0, 0.05) is 18.2 Å². The predicted molar refractivity (Wildman–Crippen MR) is 92.8 cm³/mol. The summed E-state index contributed by atoms with van der Waals surface area (Å²) >= 11 is 0. The van der Waals surface area contributed by atoms with E-state index in [0.29, 0.717) is 0 Å². The quantitative estimate of drug-likeness (QED) is 0.884. The second-order valence-corrected chi connectivity index (χ2v) is 7.36. The van der Waals surface area contributed by atoms with Crippen molar-refractivity contribution in [2.45, 2.75) is 32.1 Å². The second-order valence-electron chi connectivity index (χ2n) is 7.36. The fraction of sp³-hybridized carbons (Fsp3) is 0.579. The van der Waals surface area contributed by atoms with E-state index in [2.05, 4.69) is 16.7 Å². The van der Waals surface area contributed by atoms with Crippen molar-refractivity contribution in [3.63, 3.8) is 0 Å². The monoisotopic (exact) mass is 327 g/mol. The summed E-state index contributed by atoms with van der Waals surface area (Å²) in [4.78, 5) is 26.8. The van der Waals surface area contributed by atoms with E-state index in [4.69, 9.17) is 0 Å². The van der Waals surface area contributed by atoms with E-state index in [1.165, 1.54) is 5.56 Å². The van der Waals surface area contributed by atoms with Crippen LogP contribution in [0.2, 0.25) is 0 Å². The summed E-state index contributed by atoms with van der Waals surface area (Å²) in [5.41, 5.74) is 2.44. The maximum Gasteiger partial charge on any atom is 0.246 e. The second kappa shape index (κ2) is 6.20. The van der Waals surface area contributed by atoms with Gasteiger partial charge in [-0.05, 0) is 62.2 Å². The highest BCUT2D eigenvalue weighted by Crippen LogP contribution is 2.58. The van der Waals surface area contributed by atoms with Crippen molar-refractivity contribution in [1.82, 2.24) is 10.6 Å². The summed E-state index contributed by atoms with van der Waals surface area (Å²) in [6, 6.07) is 8.06. The molecule has 24 heavy (non-hydrogen) atoms. The minimum Gasteiger partial charge on any atom is -0.347 e. The van der Waals surface area contributed by atoms with Crippen molar-refractivity contribution < 1.29 is 9.59 Å². The Morgan fingerprint density at radius 1 is 1.25 bits per heavy atom. The number of carbonyl (C=O) groups excluding carboxylic acids is 2. The minimum absolute atomic E-state index is 0.00416. The van der Waals surface area contributed by atoms with Crippen molar-refractivity contribution in [3.8, 4) is 0 Å². The minimum atomic E-state index is -0.00416. The van der Waals surface area contributed by atoms with E-state index in [1.54, 1.807) is 0 Å². The van der Waals surface area contributed by atoms with Crippen LogP contribution in [0.5, 0.6) is 0 Å². The van der Waals surface area contributed by atoms with Gasteiger partial charge in [0.2, 0.25) is 11.8 Å². The molecule has 1 aliphatic carbocycles. The zero-order chi connectivity index (χ0) is 16.6. The van der Waals surface area contributed by atoms with Crippen LogP contribution < -0.4 is 15.5 Å². The first-order chi connectivity index (χ1) is 11.7. The maximum atomic E-state index is 12.6. The third kappa shape index (κ3) is 2.81. The molecule has 1 saturated carbocycles. The fourth-order valence-electron chi connectivity index (χ4n) is 4.37. The Kier molecular flexibility index (Phi) is 4.04. The molecule has 128 valence electrons. The van der Waals surface area contributed by atoms with Crippen LogP contribution in [0, 0.1) is 11.3 Å². The van der Waals surface area contributed by atoms with E-state index in [1.807, 2.05) is 23.1 Å². The summed E-state index contributed by atoms with van der Waals surface area (Å²) in [7, 11) is 0. The molecular formula is C19H25N3O2. The molecule has 1 atom stereocenters. The number of nitrogens with one attached hydrogen (secondary N) is 2. The van der Waals surface area contributed by atoms with Crippen LogP contribution in [0.4, 0.5) is 5.69 Å². The Hall–Kier alpha value is -1.88. The smallest absolute Gasteiger partial charge is 0.246 e. The Balaban J connectivity index is 1.34. The Bertz CT molecular complexity index is 652. The molecule has 2 amide bonds. The zero-order valence-corrected chi connectivity index (χ0v) is 14.0. The van der Waals surface area contributed by atoms with Crippen LogP contribution in [-0.4, -0.2) is 38.0 Å². The molecule has 0 bridgehead atoms. The first-order valence-corrected chi connectivity index (χ1v) is 9.06. The summed E-state index contributed by atoms with van der Waals surface area (Å²) < 4.78 is 0. The van der Waals surface area contributed by atoms with E-state index in [-0.39, 0.29) is 29.7 Å². The number of carbonyl (C=O) groups is 2. The van der Waals surface area contributed by atoms with Gasteiger partial charge in [-0.15, -0.1) is 0 Å². The van der Waals surface area contributed by atoms with Gasteiger partial charge >= 0.3 is 0 Å². The number of anilines is 1. The summed E-state index contributed by atoms with van der Waals surface area (Å²) in [5.74, 6) is 0.173. The Morgan fingerprint density at radius 2 is 2.04 bits per heavy atom. The van der Waals surface area contributed by atoms with Gasteiger partial charge < -0.3 is 15.5 Å². The normalized spacial score (nSPS) is 24.3. The molecule has 5 heteroatoms. The molecule has 2 heterocycles. The average Bonchev–Trinajstić information content (AvgIpc) is 3.32. The van der Waals surface area contributed by atoms with Crippen LogP contribution in [0.15, 0.2) is 24.3 Å². The zero-order valence-electron chi connectivity index (χ0n) is 14.0. The topological polar surface area (TPSA) is 61.4 Å². The van der Waals surface area contributed by atoms with Crippen molar-refractivity contribution in [2.75, 3.05) is 31.1 Å². The lowest BCUT2D eigenvalue weighted by Gasteiger charge is -2.29. The number of fused-ring (bicyclic) bond motifs is 1. The molecule has 2 fully saturated rings. The molecule has 0 aromatic heterocycles. The van der Waals surface area contributed by atoms with Gasteiger partial charge in [0.1, 0.15) is 0 Å². The first kappa shape index (κ1) is 15.6. The molecule has 1 saturated heterocycles. The van der Waals surface area contributed by atoms with Gasteiger partial charge in [-0.1, -0.05) is 18.2 Å². The van der Waals surface area contributed by atoms with Crippen molar-refractivity contribution in [2.24, 2.45) is 11.3 Å². The first-order valence-electron chi connectivity index (χ1n) is 9.06. The molecule has 1 aromatic carbocycles. The van der Waals surface area contributed by atoms with E-state index < -0.39 is 0 Å². The lowest BCUT2D eigenvalue weighted by molar-refractivity contribution is -0.126. The van der Waals surface area contributed by atoms with E-state index in [0.717, 1.165) is 57.4 Å². The lowest BCUT2D eigenvalue weighted by atomic mass is 9.92. The van der Waals surface area contributed by atoms with Crippen LogP contribution in [0.25, 0.3) is 0 Å². The number of hydrogen-bond donors (Lipinski definition) is 2. The molecule has 5 nitrogen and oxygen atoms in total. The summed E-state index contributed by atoms with van der Waals surface area (Å²) in [5, 5.41) is 6.24. The molecule has 1 aromatic rings. The highest BCUT2D eigenvalue weighted by molar-refractivity contribution is 5.98. The fourth-order valence-corrected chi connectivity index (χ4v) is 4.37. The van der Waals surface area contributed by atoms with Crippen molar-refractivity contribution >= 4 is 17.5 Å². The van der Waals surface area contributed by atoms with E-state index in [9.17, 15) is 9.59 Å². The number of para-hydroxylation sites is 1. The number of piperidine rings is 1. The maximum absolute atomic E-state index is 12.6. The summed E-state index contributed by atoms with van der Waals surface area (Å²) in [6.45, 7) is 2.86. The Labute approximate surface area is 142 Å². The molecule has 3 aliphatic rings. The largest absolute Gasteiger partial charge is 0.347 e. The van der Waals surface area contributed by atoms with Crippen LogP contribution in [0.3, 0.4) is 0 Å². The van der Waals surface area contributed by atoms with Gasteiger partial charge in [0.15, 0.2) is 0 Å². The molecule has 4 rings (SSSR count). The summed E-state index contributed by atoms with van der Waals surface area (Å²) in [6.07, 6.45) is 5.15. The van der Waals surface area contributed by atoms with Gasteiger partial charge in [-0.2, -0.15) is 0 Å². The Morgan fingerprint density at radius 3 is 2.88 bits per heavy atom. The van der Waals surface area contributed by atoms with Crippen molar-refractivity contribution in [3.05, 3.63) is 29.8 Å². The molecule has 2 N–H and O–H groups in total. The molecule has 1 spiro atoms. The predicted octanol–water partition coefficient (Wildman–Crippen LogP) is 1.47. The molecular weight excluding hydrogens is 302 g/mol. The number of benzene rings is 1.